The molecule has 106 valence electrons. The standard InChI is InChI=1S/C18H23NO/c1-10-2-3-13(9-16(10)19)18(20)17-14-5-11-4-12(7-14)8-15(17)6-11/h2-3,9,11-12,14-15,17H,4-8,19H2,1H3. The molecular weight excluding hydrogens is 246 g/mol. The second-order valence-electron chi connectivity index (χ2n) is 7.39. The molecule has 20 heavy (non-hydrogen) atoms. The lowest BCUT2D eigenvalue weighted by Crippen LogP contribution is -2.48. The van der Waals surface area contributed by atoms with Gasteiger partial charge in [0, 0.05) is 17.2 Å². The fraction of sp³-hybridized carbons (Fsp3) is 0.611. The zero-order chi connectivity index (χ0) is 13.9. The van der Waals surface area contributed by atoms with Crippen LogP contribution in [0.1, 0.15) is 48.0 Å². The van der Waals surface area contributed by atoms with Crippen molar-refractivity contribution in [3.63, 3.8) is 0 Å². The van der Waals surface area contributed by atoms with Gasteiger partial charge in [-0.05, 0) is 74.3 Å². The zero-order valence-electron chi connectivity index (χ0n) is 12.1. The van der Waals surface area contributed by atoms with Crippen molar-refractivity contribution >= 4 is 11.5 Å². The number of benzene rings is 1. The third kappa shape index (κ3) is 1.81. The minimum atomic E-state index is 0.282. The Morgan fingerprint density at radius 3 is 2.20 bits per heavy atom. The summed E-state index contributed by atoms with van der Waals surface area (Å²) in [6.07, 6.45) is 6.62. The Kier molecular flexibility index (Phi) is 2.70. The molecule has 4 fully saturated rings. The van der Waals surface area contributed by atoms with E-state index < -0.39 is 0 Å². The Hall–Kier alpha value is -1.31. The summed E-state index contributed by atoms with van der Waals surface area (Å²) in [4.78, 5) is 12.9. The van der Waals surface area contributed by atoms with Crippen LogP contribution in [0.15, 0.2) is 18.2 Å². The average molecular weight is 269 g/mol. The zero-order valence-corrected chi connectivity index (χ0v) is 12.1. The Bertz CT molecular complexity index is 535. The fourth-order valence-electron chi connectivity index (χ4n) is 5.34. The van der Waals surface area contributed by atoms with Crippen molar-refractivity contribution in [3.05, 3.63) is 29.3 Å². The number of ketones is 1. The van der Waals surface area contributed by atoms with Crippen LogP contribution >= 0.6 is 0 Å². The third-order valence-corrected chi connectivity index (χ3v) is 6.09. The van der Waals surface area contributed by atoms with Crippen LogP contribution in [0.4, 0.5) is 5.69 Å². The number of hydrogen-bond acceptors (Lipinski definition) is 2. The highest BCUT2D eigenvalue weighted by Gasteiger charge is 2.50. The van der Waals surface area contributed by atoms with Crippen molar-refractivity contribution < 1.29 is 4.79 Å². The Balaban J connectivity index is 1.63. The molecule has 0 radical (unpaired) electrons. The molecule has 1 aromatic rings. The fourth-order valence-corrected chi connectivity index (χ4v) is 5.34. The van der Waals surface area contributed by atoms with Crippen LogP contribution < -0.4 is 5.73 Å². The molecule has 4 saturated carbocycles. The molecule has 2 nitrogen and oxygen atoms in total. The van der Waals surface area contributed by atoms with Crippen molar-refractivity contribution in [1.82, 2.24) is 0 Å². The normalized spacial score (nSPS) is 38.1. The van der Waals surface area contributed by atoms with Crippen molar-refractivity contribution in [2.45, 2.75) is 39.0 Å². The third-order valence-electron chi connectivity index (χ3n) is 6.09. The summed E-state index contributed by atoms with van der Waals surface area (Å²) in [5.74, 6) is 3.80. The molecule has 5 rings (SSSR count). The first-order chi connectivity index (χ1) is 9.61. The van der Waals surface area contributed by atoms with Gasteiger partial charge in [-0.1, -0.05) is 12.1 Å². The number of hydrogen-bond donors (Lipinski definition) is 1. The number of Topliss-reactive ketones (excluding diaryl/α,β-unsaturated/α-hetero) is 1. The molecule has 0 unspecified atom stereocenters. The molecule has 0 aliphatic heterocycles. The van der Waals surface area contributed by atoms with Crippen molar-refractivity contribution in [2.24, 2.45) is 29.6 Å². The van der Waals surface area contributed by atoms with E-state index in [1.165, 1.54) is 32.1 Å². The Morgan fingerprint density at radius 2 is 1.65 bits per heavy atom. The van der Waals surface area contributed by atoms with E-state index in [1.54, 1.807) is 0 Å². The molecule has 0 saturated heterocycles. The molecule has 4 aliphatic carbocycles. The number of carbonyl (C=O) groups is 1. The van der Waals surface area contributed by atoms with Gasteiger partial charge in [-0.15, -0.1) is 0 Å². The SMILES string of the molecule is Cc1ccc(C(=O)C2C3CC4CC(C3)CC2C4)cc1N. The number of carbonyl (C=O) groups excluding carboxylic acids is 1. The van der Waals surface area contributed by atoms with Gasteiger partial charge in [-0.2, -0.15) is 0 Å². The highest BCUT2D eigenvalue weighted by molar-refractivity contribution is 5.99. The van der Waals surface area contributed by atoms with Gasteiger partial charge >= 0.3 is 0 Å². The number of nitrogen functional groups attached to an aromatic ring is 1. The minimum Gasteiger partial charge on any atom is -0.398 e. The van der Waals surface area contributed by atoms with Gasteiger partial charge in [0.25, 0.3) is 0 Å². The van der Waals surface area contributed by atoms with Gasteiger partial charge in [0.1, 0.15) is 0 Å². The smallest absolute Gasteiger partial charge is 0.166 e. The number of aryl methyl sites for hydroxylation is 1. The van der Waals surface area contributed by atoms with Crippen LogP contribution in [0, 0.1) is 36.5 Å². The van der Waals surface area contributed by atoms with Gasteiger partial charge < -0.3 is 5.73 Å². The highest BCUT2D eigenvalue weighted by atomic mass is 16.1. The van der Waals surface area contributed by atoms with Crippen LogP contribution in [0.5, 0.6) is 0 Å². The van der Waals surface area contributed by atoms with Gasteiger partial charge in [-0.25, -0.2) is 0 Å². The van der Waals surface area contributed by atoms with E-state index in [2.05, 4.69) is 0 Å². The lowest BCUT2D eigenvalue weighted by Gasteiger charge is -2.53. The van der Waals surface area contributed by atoms with E-state index in [0.29, 0.717) is 17.6 Å². The molecule has 0 heterocycles. The summed E-state index contributed by atoms with van der Waals surface area (Å²) in [6, 6.07) is 5.85. The van der Waals surface area contributed by atoms with E-state index in [9.17, 15) is 4.79 Å². The maximum atomic E-state index is 12.9. The predicted octanol–water partition coefficient (Wildman–Crippen LogP) is 3.83. The molecule has 0 amide bonds. The van der Waals surface area contributed by atoms with Gasteiger partial charge in [-0.3, -0.25) is 4.79 Å². The quantitative estimate of drug-likeness (QED) is 0.655. The summed E-state index contributed by atoms with van der Waals surface area (Å²) in [6.45, 7) is 1.99. The van der Waals surface area contributed by atoms with Crippen LogP contribution in [0.3, 0.4) is 0 Å². The topological polar surface area (TPSA) is 43.1 Å². The van der Waals surface area contributed by atoms with E-state index in [4.69, 9.17) is 5.73 Å². The first-order valence-electron chi connectivity index (χ1n) is 8.02. The average Bonchev–Trinajstić information content (AvgIpc) is 2.40. The van der Waals surface area contributed by atoms with Crippen LogP contribution in [-0.2, 0) is 0 Å². The van der Waals surface area contributed by atoms with Crippen LogP contribution in [0.2, 0.25) is 0 Å². The molecule has 0 atom stereocenters. The second kappa shape index (κ2) is 4.34. The predicted molar refractivity (Wildman–Crippen MR) is 80.5 cm³/mol. The molecule has 0 spiro atoms. The van der Waals surface area contributed by atoms with Crippen molar-refractivity contribution in [2.75, 3.05) is 5.73 Å². The maximum Gasteiger partial charge on any atom is 0.166 e. The van der Waals surface area contributed by atoms with Gasteiger partial charge in [0.05, 0.1) is 0 Å². The highest BCUT2D eigenvalue weighted by Crippen LogP contribution is 2.57. The summed E-state index contributed by atoms with van der Waals surface area (Å²) in [5.41, 5.74) is 8.63. The van der Waals surface area contributed by atoms with Crippen LogP contribution in [0.25, 0.3) is 0 Å². The van der Waals surface area contributed by atoms with Crippen LogP contribution in [-0.4, -0.2) is 5.78 Å². The summed E-state index contributed by atoms with van der Waals surface area (Å²) in [7, 11) is 0. The molecule has 2 heteroatoms. The summed E-state index contributed by atoms with van der Waals surface area (Å²) < 4.78 is 0. The van der Waals surface area contributed by atoms with E-state index in [-0.39, 0.29) is 5.92 Å². The minimum absolute atomic E-state index is 0.282. The molecule has 1 aromatic carbocycles. The Morgan fingerprint density at radius 1 is 1.05 bits per heavy atom. The lowest BCUT2D eigenvalue weighted by molar-refractivity contribution is -0.0251. The molecular formula is C18H23NO. The monoisotopic (exact) mass is 269 g/mol. The van der Waals surface area contributed by atoms with Gasteiger partial charge in [0.2, 0.25) is 0 Å². The maximum absolute atomic E-state index is 12.9. The van der Waals surface area contributed by atoms with Crippen molar-refractivity contribution in [3.8, 4) is 0 Å². The molecule has 4 aliphatic rings. The Labute approximate surface area is 120 Å². The van der Waals surface area contributed by atoms with Gasteiger partial charge in [0.15, 0.2) is 5.78 Å². The lowest BCUT2D eigenvalue weighted by atomic mass is 9.51. The molecule has 2 N–H and O–H groups in total. The number of rotatable bonds is 2. The largest absolute Gasteiger partial charge is 0.398 e. The van der Waals surface area contributed by atoms with E-state index in [0.717, 1.165) is 28.7 Å². The van der Waals surface area contributed by atoms with E-state index >= 15 is 0 Å². The summed E-state index contributed by atoms with van der Waals surface area (Å²) >= 11 is 0. The first kappa shape index (κ1) is 12.4. The molecule has 0 aromatic heterocycles. The second-order valence-corrected chi connectivity index (χ2v) is 7.39. The number of anilines is 1. The van der Waals surface area contributed by atoms with E-state index in [1.807, 2.05) is 25.1 Å². The summed E-state index contributed by atoms with van der Waals surface area (Å²) in [5, 5.41) is 0. The number of nitrogens with two attached hydrogens (primary N) is 1. The van der Waals surface area contributed by atoms with Crippen molar-refractivity contribution in [1.29, 1.82) is 0 Å². The molecule has 4 bridgehead atoms. The first-order valence-corrected chi connectivity index (χ1v) is 8.02.